The Hall–Kier alpha value is -3.66. The molecular formula is C34H38NO4P. The van der Waals surface area contributed by atoms with Crippen molar-refractivity contribution in [2.75, 3.05) is 18.9 Å². The zero-order valence-corrected chi connectivity index (χ0v) is 25.1. The number of fused-ring (bicyclic) bond motifs is 3. The molecule has 6 heteroatoms. The monoisotopic (exact) mass is 555 g/mol. The van der Waals surface area contributed by atoms with E-state index in [0.717, 1.165) is 34.7 Å². The van der Waals surface area contributed by atoms with Gasteiger partial charge in [-0.25, -0.2) is 0 Å². The van der Waals surface area contributed by atoms with Gasteiger partial charge in [-0.15, -0.1) is 0 Å². The SMILES string of the molecule is CC[C@H](c1ccccc1)N([C@H](CC)c1ccccc1)p1oc2c(OC)cc(C)cc2c2cc(C)cc(OC)c2o1. The van der Waals surface area contributed by atoms with Crippen LogP contribution in [0, 0.1) is 13.8 Å². The van der Waals surface area contributed by atoms with E-state index in [-0.39, 0.29) is 12.1 Å². The number of benzene rings is 4. The normalized spacial score (nSPS) is 13.0. The fourth-order valence-corrected chi connectivity index (χ4v) is 7.55. The molecule has 0 bridgehead atoms. The molecule has 1 aromatic heterocycles. The average Bonchev–Trinajstić information content (AvgIpc) is 3.14. The third-order valence-electron chi connectivity index (χ3n) is 7.44. The van der Waals surface area contributed by atoms with Crippen molar-refractivity contribution in [1.29, 1.82) is 0 Å². The van der Waals surface area contributed by atoms with E-state index in [9.17, 15) is 0 Å². The van der Waals surface area contributed by atoms with Gasteiger partial charge < -0.3 is 17.9 Å². The zero-order chi connectivity index (χ0) is 28.2. The van der Waals surface area contributed by atoms with Gasteiger partial charge in [0.25, 0.3) is 0 Å². The lowest BCUT2D eigenvalue weighted by Crippen LogP contribution is -2.30. The highest BCUT2D eigenvalue weighted by molar-refractivity contribution is 7.39. The molecule has 0 saturated carbocycles. The van der Waals surface area contributed by atoms with E-state index in [2.05, 4.69) is 105 Å². The number of ether oxygens (including phenoxy) is 2. The van der Waals surface area contributed by atoms with Crippen molar-refractivity contribution in [1.82, 2.24) is 0 Å². The van der Waals surface area contributed by atoms with E-state index < -0.39 is 8.16 Å². The van der Waals surface area contributed by atoms with Crippen LogP contribution in [0.25, 0.3) is 21.9 Å². The van der Waals surface area contributed by atoms with Crippen molar-refractivity contribution in [2.24, 2.45) is 0 Å². The average molecular weight is 556 g/mol. The van der Waals surface area contributed by atoms with Crippen molar-refractivity contribution < 1.29 is 17.9 Å². The smallest absolute Gasteiger partial charge is 0.311 e. The lowest BCUT2D eigenvalue weighted by atomic mass is 9.99. The van der Waals surface area contributed by atoms with Crippen LogP contribution in [0.5, 0.6) is 11.5 Å². The Balaban J connectivity index is 1.93. The van der Waals surface area contributed by atoms with Crippen molar-refractivity contribution in [3.05, 3.63) is 107 Å². The largest absolute Gasteiger partial charge is 0.493 e. The Morgan fingerprint density at radius 1 is 0.650 bits per heavy atom. The second kappa shape index (κ2) is 12.2. The van der Waals surface area contributed by atoms with Gasteiger partial charge in [0.05, 0.1) is 14.2 Å². The number of rotatable bonds is 9. The van der Waals surface area contributed by atoms with E-state index in [1.54, 1.807) is 14.2 Å². The summed E-state index contributed by atoms with van der Waals surface area (Å²) in [6.07, 6.45) is 1.77. The summed E-state index contributed by atoms with van der Waals surface area (Å²) in [6, 6.07) is 29.8. The second-order valence-electron chi connectivity index (χ2n) is 10.2. The number of aryl methyl sites for hydroxylation is 2. The zero-order valence-electron chi connectivity index (χ0n) is 24.2. The Labute approximate surface area is 237 Å². The Morgan fingerprint density at radius 2 is 1.05 bits per heavy atom. The molecule has 0 N–H and O–H groups in total. The minimum atomic E-state index is -1.66. The van der Waals surface area contributed by atoms with Gasteiger partial charge >= 0.3 is 8.16 Å². The van der Waals surface area contributed by atoms with E-state index in [4.69, 9.17) is 17.9 Å². The third kappa shape index (κ3) is 5.37. The Bertz CT molecular complexity index is 1510. The highest BCUT2D eigenvalue weighted by Gasteiger charge is 2.33. The Morgan fingerprint density at radius 3 is 1.40 bits per heavy atom. The molecule has 208 valence electrons. The molecular weight excluding hydrogens is 517 g/mol. The third-order valence-corrected chi connectivity index (χ3v) is 9.05. The van der Waals surface area contributed by atoms with Crippen LogP contribution in [0.15, 0.2) is 93.3 Å². The summed E-state index contributed by atoms with van der Waals surface area (Å²) in [5.74, 6) is 1.39. The van der Waals surface area contributed by atoms with Crippen LogP contribution in [0.1, 0.15) is 61.0 Å². The maximum Gasteiger partial charge on any atom is 0.311 e. The molecule has 5 nitrogen and oxygen atoms in total. The van der Waals surface area contributed by atoms with Crippen LogP contribution in [0.3, 0.4) is 0 Å². The molecule has 0 amide bonds. The van der Waals surface area contributed by atoms with Crippen LogP contribution in [-0.4, -0.2) is 14.2 Å². The molecule has 0 fully saturated rings. The first kappa shape index (κ1) is 27.9. The molecule has 0 aliphatic rings. The molecule has 1 heterocycles. The van der Waals surface area contributed by atoms with E-state index in [1.165, 1.54) is 11.1 Å². The number of nitrogens with zero attached hydrogens (tertiary/aromatic N) is 1. The van der Waals surface area contributed by atoms with Crippen LogP contribution >= 0.6 is 8.16 Å². The molecule has 0 saturated heterocycles. The van der Waals surface area contributed by atoms with Gasteiger partial charge in [-0.2, -0.15) is 4.67 Å². The quantitative estimate of drug-likeness (QED) is 0.181. The molecule has 5 rings (SSSR count). The summed E-state index contributed by atoms with van der Waals surface area (Å²) < 4.78 is 28.3. The number of hydrogen-bond donors (Lipinski definition) is 0. The molecule has 5 aromatic rings. The fraction of sp³-hybridized carbons (Fsp3) is 0.294. The van der Waals surface area contributed by atoms with Crippen molar-refractivity contribution in [3.63, 3.8) is 0 Å². The van der Waals surface area contributed by atoms with Gasteiger partial charge in [-0.05, 0) is 73.2 Å². The van der Waals surface area contributed by atoms with Gasteiger partial charge in [-0.1, -0.05) is 74.5 Å². The number of methoxy groups -OCH3 is 2. The summed E-state index contributed by atoms with van der Waals surface area (Å²) >= 11 is 0. The topological polar surface area (TPSA) is 48.0 Å². The maximum absolute atomic E-state index is 7.01. The molecule has 4 aromatic carbocycles. The van der Waals surface area contributed by atoms with Crippen LogP contribution in [-0.2, 0) is 0 Å². The highest BCUT2D eigenvalue weighted by atomic mass is 31.1. The van der Waals surface area contributed by atoms with Gasteiger partial charge in [0, 0.05) is 22.9 Å². The van der Waals surface area contributed by atoms with Crippen molar-refractivity contribution >= 4 is 30.1 Å². The lowest BCUT2D eigenvalue weighted by molar-refractivity contribution is 0.409. The maximum atomic E-state index is 7.01. The first-order valence-corrected chi connectivity index (χ1v) is 15.0. The van der Waals surface area contributed by atoms with E-state index in [0.29, 0.717) is 22.7 Å². The highest BCUT2D eigenvalue weighted by Crippen LogP contribution is 2.50. The summed E-state index contributed by atoms with van der Waals surface area (Å²) in [4.78, 5) is 0. The lowest BCUT2D eigenvalue weighted by Gasteiger charge is -2.35. The first-order chi connectivity index (χ1) is 19.5. The van der Waals surface area contributed by atoms with E-state index >= 15 is 0 Å². The summed E-state index contributed by atoms with van der Waals surface area (Å²) in [7, 11) is 1.73. The number of hydrogen-bond acceptors (Lipinski definition) is 5. The van der Waals surface area contributed by atoms with Gasteiger partial charge in [0.2, 0.25) is 0 Å². The molecule has 0 unspecified atom stereocenters. The van der Waals surface area contributed by atoms with Crippen LogP contribution < -0.4 is 14.1 Å². The molecule has 40 heavy (non-hydrogen) atoms. The van der Waals surface area contributed by atoms with Crippen LogP contribution in [0.2, 0.25) is 0 Å². The summed E-state index contributed by atoms with van der Waals surface area (Å²) in [6.45, 7) is 8.60. The fourth-order valence-electron chi connectivity index (χ4n) is 5.59. The molecule has 0 aliphatic heterocycles. The van der Waals surface area contributed by atoms with Gasteiger partial charge in [-0.3, -0.25) is 0 Å². The van der Waals surface area contributed by atoms with Crippen molar-refractivity contribution in [2.45, 2.75) is 52.6 Å². The standard InChI is InChI=1S/C34H38NO4P/c1-7-29(25-15-11-9-12-16-25)35(30(8-2)26-17-13-10-14-18-26)40-38-33-27(19-23(3)21-31(33)36-5)28-20-24(4)22-32(37-6)34(28)39-40/h9-22,29-30H,7-8H2,1-6H3/t29-,30-/m1/s1. The van der Waals surface area contributed by atoms with Crippen LogP contribution in [0.4, 0.5) is 0 Å². The van der Waals surface area contributed by atoms with Gasteiger partial charge in [0.15, 0.2) is 22.7 Å². The molecule has 0 aliphatic carbocycles. The van der Waals surface area contributed by atoms with Gasteiger partial charge in [0.1, 0.15) is 0 Å². The summed E-state index contributed by atoms with van der Waals surface area (Å²) in [5, 5.41) is 1.89. The predicted molar refractivity (Wildman–Crippen MR) is 166 cm³/mol. The summed E-state index contributed by atoms with van der Waals surface area (Å²) in [5.41, 5.74) is 6.01. The molecule has 2 atom stereocenters. The minimum absolute atomic E-state index is 0.0513. The second-order valence-corrected chi connectivity index (χ2v) is 11.5. The molecule has 0 radical (unpaired) electrons. The van der Waals surface area contributed by atoms with Crippen molar-refractivity contribution in [3.8, 4) is 11.5 Å². The minimum Gasteiger partial charge on any atom is -0.493 e. The molecule has 0 spiro atoms. The van der Waals surface area contributed by atoms with E-state index in [1.807, 2.05) is 12.1 Å². The Kier molecular flexibility index (Phi) is 8.54. The predicted octanol–water partition coefficient (Wildman–Crippen LogP) is 10.2. The first-order valence-electron chi connectivity index (χ1n) is 13.9.